The third kappa shape index (κ3) is 3.66. The van der Waals surface area contributed by atoms with Crippen LogP contribution in [0.25, 0.3) is 0 Å². The molecule has 1 aromatic heterocycles. The van der Waals surface area contributed by atoms with Crippen LogP contribution >= 0.6 is 11.6 Å². The van der Waals surface area contributed by atoms with Gasteiger partial charge in [0.1, 0.15) is 17.2 Å². The third-order valence-corrected chi connectivity index (χ3v) is 3.09. The third-order valence-electron chi connectivity index (χ3n) is 2.71. The first kappa shape index (κ1) is 13.8. The van der Waals surface area contributed by atoms with Crippen molar-refractivity contribution in [2.24, 2.45) is 0 Å². The summed E-state index contributed by atoms with van der Waals surface area (Å²) in [7, 11) is 1.69. The minimum atomic E-state index is 0.404. The average Bonchev–Trinajstić information content (AvgIpc) is 2.43. The summed E-state index contributed by atoms with van der Waals surface area (Å²) in [5.41, 5.74) is 1.93. The lowest BCUT2D eigenvalue weighted by Crippen LogP contribution is -1.95. The molecule has 1 heterocycles. The molecule has 0 N–H and O–H groups in total. The Labute approximate surface area is 117 Å². The van der Waals surface area contributed by atoms with Gasteiger partial charge < -0.3 is 9.47 Å². The van der Waals surface area contributed by atoms with Crippen LogP contribution in [0.3, 0.4) is 0 Å². The Balaban J connectivity index is 2.09. The molecule has 5 heteroatoms. The van der Waals surface area contributed by atoms with Gasteiger partial charge in [0, 0.05) is 12.7 Å². The van der Waals surface area contributed by atoms with Crippen LogP contribution in [0.2, 0.25) is 5.15 Å². The van der Waals surface area contributed by atoms with E-state index in [9.17, 15) is 0 Å². The van der Waals surface area contributed by atoms with E-state index in [2.05, 4.69) is 9.97 Å². The second-order valence-electron chi connectivity index (χ2n) is 4.08. The standard InChI is InChI=1S/C14H15ClN2O2/c1-10-13(15)16-9-17-14(10)19-12-5-3-11(4-6-12)7-8-18-2/h3-6,9H,7-8H2,1-2H3. The lowest BCUT2D eigenvalue weighted by atomic mass is 10.1. The van der Waals surface area contributed by atoms with E-state index in [0.29, 0.717) is 17.6 Å². The predicted molar refractivity (Wildman–Crippen MR) is 73.9 cm³/mol. The normalized spacial score (nSPS) is 10.5. The van der Waals surface area contributed by atoms with E-state index in [-0.39, 0.29) is 0 Å². The summed E-state index contributed by atoms with van der Waals surface area (Å²) in [6.07, 6.45) is 2.27. The largest absolute Gasteiger partial charge is 0.439 e. The van der Waals surface area contributed by atoms with Crippen LogP contribution in [-0.2, 0) is 11.2 Å². The molecule has 0 saturated carbocycles. The van der Waals surface area contributed by atoms with Gasteiger partial charge in [-0.05, 0) is 31.0 Å². The molecule has 0 bridgehead atoms. The molecule has 0 atom stereocenters. The fraction of sp³-hybridized carbons (Fsp3) is 0.286. The number of halogens is 1. The lowest BCUT2D eigenvalue weighted by molar-refractivity contribution is 0.202. The van der Waals surface area contributed by atoms with Crippen molar-refractivity contribution in [2.45, 2.75) is 13.3 Å². The number of hydrogen-bond donors (Lipinski definition) is 0. The zero-order chi connectivity index (χ0) is 13.7. The van der Waals surface area contributed by atoms with Crippen molar-refractivity contribution in [3.8, 4) is 11.6 Å². The number of rotatable bonds is 5. The molecule has 0 aliphatic heterocycles. The molecule has 4 nitrogen and oxygen atoms in total. The Morgan fingerprint density at radius 1 is 1.16 bits per heavy atom. The van der Waals surface area contributed by atoms with Gasteiger partial charge in [0.2, 0.25) is 5.88 Å². The molecule has 1 aromatic carbocycles. The van der Waals surface area contributed by atoms with Crippen molar-refractivity contribution in [2.75, 3.05) is 13.7 Å². The minimum Gasteiger partial charge on any atom is -0.439 e. The van der Waals surface area contributed by atoms with Gasteiger partial charge in [-0.2, -0.15) is 0 Å². The summed E-state index contributed by atoms with van der Waals surface area (Å²) < 4.78 is 10.7. The molecule has 19 heavy (non-hydrogen) atoms. The Hall–Kier alpha value is -1.65. The summed E-state index contributed by atoms with van der Waals surface area (Å²) in [5, 5.41) is 0.404. The lowest BCUT2D eigenvalue weighted by Gasteiger charge is -2.08. The molecule has 0 aliphatic carbocycles. The summed E-state index contributed by atoms with van der Waals surface area (Å²) in [5.74, 6) is 1.20. The quantitative estimate of drug-likeness (QED) is 0.786. The van der Waals surface area contributed by atoms with Crippen molar-refractivity contribution in [3.63, 3.8) is 0 Å². The highest BCUT2D eigenvalue weighted by Crippen LogP contribution is 2.25. The topological polar surface area (TPSA) is 44.2 Å². The van der Waals surface area contributed by atoms with Crippen LogP contribution in [0, 0.1) is 6.92 Å². The Bertz CT molecular complexity index is 544. The molecule has 0 spiro atoms. The maximum Gasteiger partial charge on any atom is 0.226 e. The summed E-state index contributed by atoms with van der Waals surface area (Å²) in [6, 6.07) is 7.82. The van der Waals surface area contributed by atoms with Gasteiger partial charge in [0.05, 0.1) is 6.61 Å². The van der Waals surface area contributed by atoms with E-state index < -0.39 is 0 Å². The van der Waals surface area contributed by atoms with Crippen LogP contribution in [0.1, 0.15) is 11.1 Å². The monoisotopic (exact) mass is 278 g/mol. The van der Waals surface area contributed by atoms with Crippen LogP contribution in [-0.4, -0.2) is 23.7 Å². The van der Waals surface area contributed by atoms with Crippen molar-refractivity contribution in [3.05, 3.63) is 46.9 Å². The number of hydrogen-bond acceptors (Lipinski definition) is 4. The molecular weight excluding hydrogens is 264 g/mol. The molecule has 0 saturated heterocycles. The summed E-state index contributed by atoms with van der Waals surface area (Å²) in [6.45, 7) is 2.53. The van der Waals surface area contributed by atoms with Crippen LogP contribution in [0.4, 0.5) is 0 Å². The average molecular weight is 279 g/mol. The van der Waals surface area contributed by atoms with Gasteiger partial charge in [0.15, 0.2) is 0 Å². The second kappa shape index (κ2) is 6.50. The molecule has 0 fully saturated rings. The molecule has 0 amide bonds. The first-order chi connectivity index (χ1) is 9.20. The number of methoxy groups -OCH3 is 1. The highest BCUT2D eigenvalue weighted by molar-refractivity contribution is 6.30. The number of nitrogens with zero attached hydrogens (tertiary/aromatic N) is 2. The van der Waals surface area contributed by atoms with Crippen LogP contribution < -0.4 is 4.74 Å². The smallest absolute Gasteiger partial charge is 0.226 e. The van der Waals surface area contributed by atoms with Crippen molar-refractivity contribution >= 4 is 11.6 Å². The fourth-order valence-electron chi connectivity index (χ4n) is 1.57. The van der Waals surface area contributed by atoms with E-state index in [4.69, 9.17) is 21.1 Å². The predicted octanol–water partition coefficient (Wildman–Crippen LogP) is 3.42. The molecule has 2 rings (SSSR count). The van der Waals surface area contributed by atoms with Gasteiger partial charge in [-0.3, -0.25) is 0 Å². The number of aromatic nitrogens is 2. The first-order valence-corrected chi connectivity index (χ1v) is 6.31. The fourth-order valence-corrected chi connectivity index (χ4v) is 1.70. The maximum atomic E-state index is 5.92. The van der Waals surface area contributed by atoms with Gasteiger partial charge in [-0.25, -0.2) is 9.97 Å². The zero-order valence-corrected chi connectivity index (χ0v) is 11.6. The van der Waals surface area contributed by atoms with E-state index in [1.165, 1.54) is 11.9 Å². The van der Waals surface area contributed by atoms with E-state index in [0.717, 1.165) is 17.7 Å². The van der Waals surface area contributed by atoms with Gasteiger partial charge >= 0.3 is 0 Å². The van der Waals surface area contributed by atoms with Gasteiger partial charge in [-0.15, -0.1) is 0 Å². The highest BCUT2D eigenvalue weighted by atomic mass is 35.5. The molecule has 0 aliphatic rings. The molecule has 2 aromatic rings. The van der Waals surface area contributed by atoms with E-state index in [1.807, 2.05) is 31.2 Å². The minimum absolute atomic E-state index is 0.404. The zero-order valence-electron chi connectivity index (χ0n) is 10.9. The molecule has 0 radical (unpaired) electrons. The Kier molecular flexibility index (Phi) is 4.71. The van der Waals surface area contributed by atoms with Crippen LogP contribution in [0.5, 0.6) is 11.6 Å². The SMILES string of the molecule is COCCc1ccc(Oc2ncnc(Cl)c2C)cc1. The van der Waals surface area contributed by atoms with Crippen LogP contribution in [0.15, 0.2) is 30.6 Å². The second-order valence-corrected chi connectivity index (χ2v) is 4.44. The summed E-state index contributed by atoms with van der Waals surface area (Å²) in [4.78, 5) is 7.96. The first-order valence-electron chi connectivity index (χ1n) is 5.93. The number of ether oxygens (including phenoxy) is 2. The Morgan fingerprint density at radius 3 is 2.58 bits per heavy atom. The van der Waals surface area contributed by atoms with Crippen molar-refractivity contribution < 1.29 is 9.47 Å². The molecule has 100 valence electrons. The molecule has 0 unspecified atom stereocenters. The van der Waals surface area contributed by atoms with E-state index >= 15 is 0 Å². The molecular formula is C14H15ClN2O2. The van der Waals surface area contributed by atoms with Crippen molar-refractivity contribution in [1.29, 1.82) is 0 Å². The number of benzene rings is 1. The maximum absolute atomic E-state index is 5.92. The summed E-state index contributed by atoms with van der Waals surface area (Å²) >= 11 is 5.92. The highest BCUT2D eigenvalue weighted by Gasteiger charge is 2.07. The van der Waals surface area contributed by atoms with E-state index in [1.54, 1.807) is 7.11 Å². The van der Waals surface area contributed by atoms with Gasteiger partial charge in [0.25, 0.3) is 0 Å². The Morgan fingerprint density at radius 2 is 1.89 bits per heavy atom. The van der Waals surface area contributed by atoms with Gasteiger partial charge in [-0.1, -0.05) is 23.7 Å². The van der Waals surface area contributed by atoms with Crippen molar-refractivity contribution in [1.82, 2.24) is 9.97 Å².